The summed E-state index contributed by atoms with van der Waals surface area (Å²) < 4.78 is 47.0. The highest BCUT2D eigenvalue weighted by molar-refractivity contribution is 7.96. The van der Waals surface area contributed by atoms with Crippen LogP contribution in [0, 0.1) is 11.3 Å². The van der Waals surface area contributed by atoms with Crippen LogP contribution in [0.15, 0.2) is 89.2 Å². The molecule has 2 N–H and O–H groups in total. The van der Waals surface area contributed by atoms with Gasteiger partial charge in [-0.2, -0.15) is 5.26 Å². The van der Waals surface area contributed by atoms with Crippen molar-refractivity contribution >= 4 is 21.5 Å². The van der Waals surface area contributed by atoms with Gasteiger partial charge in [0.25, 0.3) is 10.0 Å². The Hall–Kier alpha value is -4.42. The average molecular weight is 502 g/mol. The molecule has 0 spiro atoms. The highest BCUT2D eigenvalue weighted by Gasteiger charge is 2.48. The number of nitrogens with two attached hydrogens (primary N) is 1. The Morgan fingerprint density at radius 1 is 1.00 bits per heavy atom. The lowest BCUT2D eigenvalue weighted by molar-refractivity contribution is 0.345. The highest BCUT2D eigenvalue weighted by Crippen LogP contribution is 2.53. The fraction of sp³-hybridized carbons (Fsp3) is 0.148. The number of ether oxygens (including phenoxy) is 3. The number of benzene rings is 3. The smallest absolute Gasteiger partial charge is 0.265 e. The zero-order valence-corrected chi connectivity index (χ0v) is 20.5. The Morgan fingerprint density at radius 3 is 2.42 bits per heavy atom. The second-order valence-electron chi connectivity index (χ2n) is 8.22. The van der Waals surface area contributed by atoms with Crippen LogP contribution in [-0.4, -0.2) is 22.6 Å². The Balaban J connectivity index is 1.81. The summed E-state index contributed by atoms with van der Waals surface area (Å²) >= 11 is 0. The quantitative estimate of drug-likeness (QED) is 0.556. The number of nitrogens with zero attached hydrogens (tertiary/aromatic N) is 2. The summed E-state index contributed by atoms with van der Waals surface area (Å²) in [5.74, 6) is -0.424. The molecule has 2 aliphatic heterocycles. The topological polar surface area (TPSA) is 115 Å². The van der Waals surface area contributed by atoms with Gasteiger partial charge < -0.3 is 19.9 Å². The van der Waals surface area contributed by atoms with Gasteiger partial charge in [-0.15, -0.1) is 0 Å². The van der Waals surface area contributed by atoms with Gasteiger partial charge in [0.05, 0.1) is 32.4 Å². The maximum absolute atomic E-state index is 14.4. The summed E-state index contributed by atoms with van der Waals surface area (Å²) in [6.45, 7) is 0.0972. The van der Waals surface area contributed by atoms with Gasteiger partial charge >= 0.3 is 0 Å². The molecule has 0 bridgehead atoms. The van der Waals surface area contributed by atoms with Crippen LogP contribution in [0.25, 0.3) is 5.76 Å². The molecule has 3 aromatic rings. The molecule has 3 aromatic carbocycles. The molecule has 0 unspecified atom stereocenters. The number of hydrogen-bond acceptors (Lipinski definition) is 7. The van der Waals surface area contributed by atoms with E-state index in [9.17, 15) is 13.7 Å². The molecular formula is C27H23N3O5S. The molecule has 0 radical (unpaired) electrons. The number of fused-ring (bicyclic) bond motifs is 2. The van der Waals surface area contributed by atoms with Crippen molar-refractivity contribution < 1.29 is 22.6 Å². The van der Waals surface area contributed by atoms with Crippen molar-refractivity contribution in [1.29, 1.82) is 5.26 Å². The van der Waals surface area contributed by atoms with Gasteiger partial charge in [-0.25, -0.2) is 8.42 Å². The van der Waals surface area contributed by atoms with Gasteiger partial charge in [-0.05, 0) is 23.8 Å². The molecule has 2 aliphatic rings. The molecule has 0 fully saturated rings. The summed E-state index contributed by atoms with van der Waals surface area (Å²) in [5.41, 5.74) is 8.44. The Bertz CT molecular complexity index is 1560. The van der Waals surface area contributed by atoms with E-state index in [0.29, 0.717) is 28.3 Å². The second-order valence-corrected chi connectivity index (χ2v) is 10.0. The zero-order valence-electron chi connectivity index (χ0n) is 19.6. The van der Waals surface area contributed by atoms with E-state index >= 15 is 0 Å². The Morgan fingerprint density at radius 2 is 1.72 bits per heavy atom. The number of para-hydroxylation sites is 2. The SMILES string of the molecule is COc1cccc([C@@H]2C(C#N)=C(N)OC3=C2S(=O)(=O)N(Cc2ccccc2)c2ccccc23)c1OC. The predicted molar refractivity (Wildman–Crippen MR) is 135 cm³/mol. The van der Waals surface area contributed by atoms with Crippen LogP contribution in [0.2, 0.25) is 0 Å². The van der Waals surface area contributed by atoms with Crippen molar-refractivity contribution in [2.45, 2.75) is 12.5 Å². The summed E-state index contributed by atoms with van der Waals surface area (Å²) in [5, 5.41) is 10.1. The van der Waals surface area contributed by atoms with Crippen LogP contribution in [0.5, 0.6) is 11.5 Å². The molecule has 2 heterocycles. The number of rotatable bonds is 5. The number of methoxy groups -OCH3 is 2. The predicted octanol–water partition coefficient (Wildman–Crippen LogP) is 4.23. The molecule has 0 saturated heterocycles. The first-order valence-electron chi connectivity index (χ1n) is 11.1. The van der Waals surface area contributed by atoms with E-state index in [4.69, 9.17) is 19.9 Å². The summed E-state index contributed by atoms with van der Waals surface area (Å²) in [7, 11) is -1.25. The maximum atomic E-state index is 14.4. The first-order chi connectivity index (χ1) is 17.4. The van der Waals surface area contributed by atoms with Crippen molar-refractivity contribution in [3.8, 4) is 17.6 Å². The standard InChI is InChI=1S/C27H23N3O5S/c1-33-22-14-8-12-19(24(22)34-2)23-20(15-28)27(29)35-25-18-11-6-7-13-21(18)30(36(31,32)26(23)25)16-17-9-4-3-5-10-17/h3-14,23H,16,29H2,1-2H3/t23-/m1/s1. The molecule has 1 atom stereocenters. The van der Waals surface area contributed by atoms with E-state index in [0.717, 1.165) is 5.56 Å². The minimum Gasteiger partial charge on any atom is -0.493 e. The summed E-state index contributed by atoms with van der Waals surface area (Å²) in [6.07, 6.45) is 0. The minimum atomic E-state index is -4.19. The van der Waals surface area contributed by atoms with Crippen molar-refractivity contribution in [2.75, 3.05) is 18.5 Å². The first-order valence-corrected chi connectivity index (χ1v) is 12.5. The maximum Gasteiger partial charge on any atom is 0.265 e. The minimum absolute atomic E-state index is 0.0251. The molecule has 0 saturated carbocycles. The van der Waals surface area contributed by atoms with Crippen LogP contribution >= 0.6 is 0 Å². The first kappa shape index (κ1) is 23.3. The number of sulfonamides is 1. The number of nitriles is 1. The summed E-state index contributed by atoms with van der Waals surface area (Å²) in [4.78, 5) is -0.0746. The number of allylic oxidation sites excluding steroid dienone is 2. The van der Waals surface area contributed by atoms with Crippen LogP contribution < -0.4 is 19.5 Å². The second kappa shape index (κ2) is 8.98. The normalized spacial score (nSPS) is 18.0. The molecule has 182 valence electrons. The lowest BCUT2D eigenvalue weighted by Gasteiger charge is -2.38. The fourth-order valence-electron chi connectivity index (χ4n) is 4.68. The monoisotopic (exact) mass is 501 g/mol. The van der Waals surface area contributed by atoms with Gasteiger partial charge in [0.1, 0.15) is 16.5 Å². The summed E-state index contributed by atoms with van der Waals surface area (Å²) in [6, 6.07) is 23.5. The zero-order chi connectivity index (χ0) is 25.4. The highest BCUT2D eigenvalue weighted by atomic mass is 32.2. The molecule has 36 heavy (non-hydrogen) atoms. The van der Waals surface area contributed by atoms with Crippen LogP contribution in [0.3, 0.4) is 0 Å². The van der Waals surface area contributed by atoms with E-state index < -0.39 is 15.9 Å². The number of anilines is 1. The molecule has 5 rings (SSSR count). The van der Waals surface area contributed by atoms with Gasteiger partial charge in [-0.1, -0.05) is 54.6 Å². The Kier molecular flexibility index (Phi) is 5.82. The lowest BCUT2D eigenvalue weighted by atomic mass is 9.87. The third-order valence-corrected chi connectivity index (χ3v) is 8.15. The van der Waals surface area contributed by atoms with Gasteiger partial charge in [-0.3, -0.25) is 4.31 Å². The van der Waals surface area contributed by atoms with Crippen molar-refractivity contribution in [1.82, 2.24) is 0 Å². The molecule has 0 aromatic heterocycles. The Labute approximate surface area is 209 Å². The fourth-order valence-corrected chi connectivity index (χ4v) is 6.58. The van der Waals surface area contributed by atoms with Crippen molar-refractivity contribution in [2.24, 2.45) is 5.73 Å². The van der Waals surface area contributed by atoms with Crippen LogP contribution in [0.1, 0.15) is 22.6 Å². The largest absolute Gasteiger partial charge is 0.493 e. The third kappa shape index (κ3) is 3.54. The average Bonchev–Trinajstić information content (AvgIpc) is 2.90. The van der Waals surface area contributed by atoms with Crippen LogP contribution in [-0.2, 0) is 21.3 Å². The van der Waals surface area contributed by atoms with Gasteiger partial charge in [0.15, 0.2) is 17.3 Å². The third-order valence-electron chi connectivity index (χ3n) is 6.27. The molecular weight excluding hydrogens is 478 g/mol. The molecule has 0 amide bonds. The number of hydrogen-bond donors (Lipinski definition) is 1. The molecule has 8 nitrogen and oxygen atoms in total. The van der Waals surface area contributed by atoms with Gasteiger partial charge in [0.2, 0.25) is 5.88 Å². The van der Waals surface area contributed by atoms with E-state index in [1.807, 2.05) is 30.3 Å². The van der Waals surface area contributed by atoms with E-state index in [2.05, 4.69) is 6.07 Å². The van der Waals surface area contributed by atoms with Crippen LogP contribution in [0.4, 0.5) is 5.69 Å². The van der Waals surface area contributed by atoms with Crippen molar-refractivity contribution in [3.05, 3.63) is 106 Å². The van der Waals surface area contributed by atoms with E-state index in [1.54, 1.807) is 42.5 Å². The lowest BCUT2D eigenvalue weighted by Crippen LogP contribution is -2.39. The molecule has 0 aliphatic carbocycles. The van der Waals surface area contributed by atoms with E-state index in [1.165, 1.54) is 18.5 Å². The van der Waals surface area contributed by atoms with Gasteiger partial charge in [0, 0.05) is 11.1 Å². The molecule has 9 heteroatoms. The van der Waals surface area contributed by atoms with E-state index in [-0.39, 0.29) is 28.7 Å². The van der Waals surface area contributed by atoms with Crippen molar-refractivity contribution in [3.63, 3.8) is 0 Å².